The van der Waals surface area contributed by atoms with Crippen LogP contribution < -0.4 is 5.32 Å². The van der Waals surface area contributed by atoms with Crippen LogP contribution in [0.25, 0.3) is 22.3 Å². The number of nitrogens with one attached hydrogen (secondary N) is 2. The van der Waals surface area contributed by atoms with Crippen molar-refractivity contribution in [1.82, 2.24) is 25.2 Å². The number of hydrogen-bond donors (Lipinski definition) is 2. The van der Waals surface area contributed by atoms with Crippen LogP contribution in [0.5, 0.6) is 0 Å². The molecule has 2 aromatic heterocycles. The molecule has 0 saturated heterocycles. The highest BCUT2D eigenvalue weighted by Gasteiger charge is 2.28. The number of carbonyl (C=O) groups excluding carboxylic acids is 1. The van der Waals surface area contributed by atoms with Crippen molar-refractivity contribution in [2.75, 3.05) is 5.32 Å². The number of aromatic amines is 1. The molecule has 5 rings (SSSR count). The van der Waals surface area contributed by atoms with Gasteiger partial charge >= 0.3 is 0 Å². The fourth-order valence-corrected chi connectivity index (χ4v) is 3.63. The molecule has 0 bridgehead atoms. The van der Waals surface area contributed by atoms with Gasteiger partial charge in [-0.15, -0.1) is 5.10 Å². The minimum atomic E-state index is -0.320. The third kappa shape index (κ3) is 3.37. The highest BCUT2D eigenvalue weighted by molar-refractivity contribution is 5.96. The van der Waals surface area contributed by atoms with E-state index in [0.717, 1.165) is 40.6 Å². The van der Waals surface area contributed by atoms with Crippen LogP contribution in [0.15, 0.2) is 42.5 Å². The molecule has 2 N–H and O–H groups in total. The molecule has 1 fully saturated rings. The van der Waals surface area contributed by atoms with E-state index < -0.39 is 0 Å². The van der Waals surface area contributed by atoms with Crippen LogP contribution in [0.1, 0.15) is 30.1 Å². The summed E-state index contributed by atoms with van der Waals surface area (Å²) in [5, 5.41) is 15.7. The first kappa shape index (κ1) is 17.5. The fourth-order valence-electron chi connectivity index (χ4n) is 3.63. The molecule has 2 heterocycles. The molecule has 0 spiro atoms. The number of carbonyl (C=O) groups is 1. The van der Waals surface area contributed by atoms with Gasteiger partial charge in [-0.2, -0.15) is 0 Å². The predicted octanol–water partition coefficient (Wildman–Crippen LogP) is 3.79. The van der Waals surface area contributed by atoms with Crippen molar-refractivity contribution in [2.24, 2.45) is 0 Å². The molecule has 1 amide bonds. The first-order chi connectivity index (χ1) is 14.1. The molecule has 146 valence electrons. The van der Waals surface area contributed by atoms with Crippen LogP contribution in [0.3, 0.4) is 0 Å². The Morgan fingerprint density at radius 1 is 1.28 bits per heavy atom. The third-order valence-corrected chi connectivity index (χ3v) is 5.21. The molecule has 0 radical (unpaired) electrons. The molecule has 1 aliphatic rings. The number of halogens is 1. The van der Waals surface area contributed by atoms with Crippen LogP contribution >= 0.6 is 0 Å². The number of benzene rings is 2. The van der Waals surface area contributed by atoms with Crippen molar-refractivity contribution >= 4 is 22.5 Å². The molecular formula is C21H19FN6O. The first-order valence-electron chi connectivity index (χ1n) is 9.53. The number of fused-ring (bicyclic) bond motifs is 1. The summed E-state index contributed by atoms with van der Waals surface area (Å²) < 4.78 is 15.5. The molecule has 8 heteroatoms. The average molecular weight is 390 g/mol. The third-order valence-electron chi connectivity index (χ3n) is 5.21. The van der Waals surface area contributed by atoms with E-state index in [1.807, 2.05) is 35.9 Å². The van der Waals surface area contributed by atoms with Gasteiger partial charge in [-0.1, -0.05) is 12.1 Å². The molecule has 4 aromatic rings. The Kier molecular flexibility index (Phi) is 4.12. The highest BCUT2D eigenvalue weighted by Crippen LogP contribution is 2.36. The Labute approximate surface area is 165 Å². The van der Waals surface area contributed by atoms with Gasteiger partial charge in [0.2, 0.25) is 5.91 Å². The topological polar surface area (TPSA) is 88.5 Å². The second-order valence-electron chi connectivity index (χ2n) is 7.40. The van der Waals surface area contributed by atoms with Crippen LogP contribution in [0.2, 0.25) is 0 Å². The molecule has 0 unspecified atom stereocenters. The van der Waals surface area contributed by atoms with Crippen LogP contribution in [0.4, 0.5) is 10.1 Å². The summed E-state index contributed by atoms with van der Waals surface area (Å²) in [5.74, 6) is 0.211. The Balaban J connectivity index is 1.37. The van der Waals surface area contributed by atoms with Crippen molar-refractivity contribution in [3.05, 3.63) is 59.5 Å². The number of nitrogens with zero attached hydrogens (tertiary/aromatic N) is 4. The number of amides is 1. The van der Waals surface area contributed by atoms with Crippen LogP contribution in [-0.2, 0) is 11.2 Å². The summed E-state index contributed by atoms with van der Waals surface area (Å²) >= 11 is 0. The van der Waals surface area contributed by atoms with Gasteiger partial charge in [0.1, 0.15) is 5.82 Å². The van der Waals surface area contributed by atoms with E-state index in [1.165, 1.54) is 12.1 Å². The minimum Gasteiger partial charge on any atom is -0.358 e. The number of rotatable bonds is 5. The van der Waals surface area contributed by atoms with Gasteiger partial charge in [-0.3, -0.25) is 4.79 Å². The maximum atomic E-state index is 13.7. The van der Waals surface area contributed by atoms with E-state index >= 15 is 0 Å². The largest absolute Gasteiger partial charge is 0.358 e. The van der Waals surface area contributed by atoms with Crippen molar-refractivity contribution in [3.63, 3.8) is 0 Å². The Morgan fingerprint density at radius 2 is 2.14 bits per heavy atom. The summed E-state index contributed by atoms with van der Waals surface area (Å²) in [7, 11) is 0. The number of aromatic nitrogens is 5. The van der Waals surface area contributed by atoms with Crippen molar-refractivity contribution in [2.45, 2.75) is 32.2 Å². The number of hydrogen-bond acceptors (Lipinski definition) is 4. The Morgan fingerprint density at radius 3 is 2.97 bits per heavy atom. The second-order valence-corrected chi connectivity index (χ2v) is 7.40. The second kappa shape index (κ2) is 6.80. The molecular weight excluding hydrogens is 371 g/mol. The lowest BCUT2D eigenvalue weighted by atomic mass is 10.1. The van der Waals surface area contributed by atoms with E-state index in [0.29, 0.717) is 17.6 Å². The normalized spacial score (nSPS) is 13.7. The fraction of sp³-hybridized carbons (Fsp3) is 0.238. The zero-order valence-electron chi connectivity index (χ0n) is 15.8. The number of tetrazole rings is 1. The van der Waals surface area contributed by atoms with Crippen molar-refractivity contribution in [1.29, 1.82) is 0 Å². The van der Waals surface area contributed by atoms with Gasteiger partial charge in [0.05, 0.1) is 12.5 Å². The summed E-state index contributed by atoms with van der Waals surface area (Å²) in [6.45, 7) is 1.89. The van der Waals surface area contributed by atoms with E-state index in [4.69, 9.17) is 0 Å². The van der Waals surface area contributed by atoms with E-state index in [9.17, 15) is 9.18 Å². The lowest BCUT2D eigenvalue weighted by Gasteiger charge is -2.08. The zero-order valence-corrected chi connectivity index (χ0v) is 15.8. The monoisotopic (exact) mass is 390 g/mol. The lowest BCUT2D eigenvalue weighted by Crippen LogP contribution is -2.15. The molecule has 1 saturated carbocycles. The van der Waals surface area contributed by atoms with Crippen LogP contribution in [-0.4, -0.2) is 31.1 Å². The molecule has 2 aromatic carbocycles. The summed E-state index contributed by atoms with van der Waals surface area (Å²) in [5.41, 5.74) is 4.00. The molecule has 0 atom stereocenters. The highest BCUT2D eigenvalue weighted by atomic mass is 19.1. The maximum Gasteiger partial charge on any atom is 0.228 e. The van der Waals surface area contributed by atoms with Crippen molar-refractivity contribution in [3.8, 4) is 11.4 Å². The minimum absolute atomic E-state index is 0.152. The number of H-pyrrole nitrogens is 1. The first-order valence-corrected chi connectivity index (χ1v) is 9.53. The van der Waals surface area contributed by atoms with Gasteiger partial charge in [-0.25, -0.2) is 9.07 Å². The molecule has 29 heavy (non-hydrogen) atoms. The van der Waals surface area contributed by atoms with Gasteiger partial charge in [0, 0.05) is 27.8 Å². The van der Waals surface area contributed by atoms with E-state index in [1.54, 1.807) is 6.07 Å². The predicted molar refractivity (Wildman–Crippen MR) is 107 cm³/mol. The number of aryl methyl sites for hydroxylation is 1. The summed E-state index contributed by atoms with van der Waals surface area (Å²) in [4.78, 5) is 15.9. The van der Waals surface area contributed by atoms with E-state index in [-0.39, 0.29) is 18.1 Å². The lowest BCUT2D eigenvalue weighted by molar-refractivity contribution is -0.115. The number of anilines is 1. The van der Waals surface area contributed by atoms with Gasteiger partial charge in [-0.05, 0) is 66.1 Å². The van der Waals surface area contributed by atoms with E-state index in [2.05, 4.69) is 25.8 Å². The molecule has 7 nitrogen and oxygen atoms in total. The smallest absolute Gasteiger partial charge is 0.228 e. The average Bonchev–Trinajstić information content (AvgIpc) is 3.35. The summed E-state index contributed by atoms with van der Waals surface area (Å²) in [6.07, 6.45) is 2.32. The van der Waals surface area contributed by atoms with Crippen molar-refractivity contribution < 1.29 is 9.18 Å². The Bertz CT molecular complexity index is 1220. The quantitative estimate of drug-likeness (QED) is 0.543. The zero-order chi connectivity index (χ0) is 20.0. The van der Waals surface area contributed by atoms with Gasteiger partial charge < -0.3 is 10.3 Å². The van der Waals surface area contributed by atoms with Crippen LogP contribution in [0, 0.1) is 12.7 Å². The van der Waals surface area contributed by atoms with Gasteiger partial charge in [0.25, 0.3) is 0 Å². The molecule has 1 aliphatic carbocycles. The Hall–Kier alpha value is -3.55. The SMILES string of the molecule is Cc1[nH]c2ccc(F)cc2c1CC(=O)Nc1cccc(-c2nnnn2C2CC2)c1. The standard InChI is InChI=1S/C21H19FN6O/c1-12-17(18-10-14(22)5-8-19(18)23-12)11-20(29)24-15-4-2-3-13(9-15)21-25-26-27-28(21)16-6-7-16/h2-5,8-10,16,23H,6-7,11H2,1H3,(H,24,29). The molecule has 0 aliphatic heterocycles. The van der Waals surface area contributed by atoms with Gasteiger partial charge in [0.15, 0.2) is 5.82 Å². The summed E-state index contributed by atoms with van der Waals surface area (Å²) in [6, 6.07) is 12.4. The maximum absolute atomic E-state index is 13.7.